The van der Waals surface area contributed by atoms with Crippen LogP contribution >= 0.6 is 0 Å². The second-order valence-electron chi connectivity index (χ2n) is 6.77. The molecule has 1 aliphatic rings. The normalized spacial score (nSPS) is 22.1. The summed E-state index contributed by atoms with van der Waals surface area (Å²) in [5.41, 5.74) is 1.71. The van der Waals surface area contributed by atoms with Gasteiger partial charge in [0.1, 0.15) is 0 Å². The molecule has 5 nitrogen and oxygen atoms in total. The number of rotatable bonds is 5. The van der Waals surface area contributed by atoms with Crippen molar-refractivity contribution >= 4 is 15.9 Å². The average molecular weight is 338 g/mol. The minimum atomic E-state index is -3.15. The van der Waals surface area contributed by atoms with Gasteiger partial charge in [-0.15, -0.1) is 0 Å². The third-order valence-corrected chi connectivity index (χ3v) is 4.86. The molecule has 1 heterocycles. The highest BCUT2D eigenvalue weighted by molar-refractivity contribution is 7.88. The zero-order valence-corrected chi connectivity index (χ0v) is 14.9. The van der Waals surface area contributed by atoms with Crippen molar-refractivity contribution in [2.45, 2.75) is 26.7 Å². The molecule has 0 bridgehead atoms. The number of carbonyl (C=O) groups is 1. The van der Waals surface area contributed by atoms with E-state index in [1.807, 2.05) is 29.2 Å². The summed E-state index contributed by atoms with van der Waals surface area (Å²) in [5, 5.41) is 0. The molecule has 1 fully saturated rings. The summed E-state index contributed by atoms with van der Waals surface area (Å²) < 4.78 is 24.5. The van der Waals surface area contributed by atoms with E-state index in [0.29, 0.717) is 30.4 Å². The second kappa shape index (κ2) is 7.45. The van der Waals surface area contributed by atoms with Crippen molar-refractivity contribution in [3.8, 4) is 0 Å². The number of nitrogens with zero attached hydrogens (tertiary/aromatic N) is 1. The molecular weight excluding hydrogens is 312 g/mol. The number of carbonyl (C=O) groups excluding carboxylic acids is 1. The maximum atomic E-state index is 12.6. The lowest BCUT2D eigenvalue weighted by Crippen LogP contribution is -2.42. The summed E-state index contributed by atoms with van der Waals surface area (Å²) in [6, 6.07) is 7.46. The quantitative estimate of drug-likeness (QED) is 0.892. The van der Waals surface area contributed by atoms with Crippen molar-refractivity contribution in [2.24, 2.45) is 11.8 Å². The number of hydrogen-bond acceptors (Lipinski definition) is 3. The average Bonchev–Trinajstić information content (AvgIpc) is 2.45. The highest BCUT2D eigenvalue weighted by Crippen LogP contribution is 2.22. The number of likely N-dealkylation sites (tertiary alicyclic amines) is 1. The number of piperidine rings is 1. The van der Waals surface area contributed by atoms with Gasteiger partial charge in [-0.25, -0.2) is 13.1 Å². The summed E-state index contributed by atoms with van der Waals surface area (Å²) in [6.45, 7) is 6.39. The van der Waals surface area contributed by atoms with E-state index in [2.05, 4.69) is 18.6 Å². The summed E-state index contributed by atoms with van der Waals surface area (Å²) >= 11 is 0. The molecule has 1 aromatic carbocycles. The zero-order chi connectivity index (χ0) is 17.0. The summed E-state index contributed by atoms with van der Waals surface area (Å²) in [7, 11) is -3.15. The lowest BCUT2D eigenvalue weighted by molar-refractivity contribution is 0.0623. The fourth-order valence-electron chi connectivity index (χ4n) is 3.21. The molecule has 1 aliphatic heterocycles. The van der Waals surface area contributed by atoms with Gasteiger partial charge in [-0.05, 0) is 42.4 Å². The predicted molar refractivity (Wildman–Crippen MR) is 91.8 cm³/mol. The Morgan fingerprint density at radius 1 is 1.17 bits per heavy atom. The monoisotopic (exact) mass is 338 g/mol. The van der Waals surface area contributed by atoms with Gasteiger partial charge in [-0.3, -0.25) is 4.79 Å². The number of sulfonamides is 1. The van der Waals surface area contributed by atoms with Crippen LogP contribution in [0.25, 0.3) is 0 Å². The van der Waals surface area contributed by atoms with Crippen molar-refractivity contribution in [2.75, 3.05) is 25.9 Å². The van der Waals surface area contributed by atoms with E-state index in [1.165, 1.54) is 6.42 Å². The Hall–Kier alpha value is -1.40. The molecule has 6 heteroatoms. The van der Waals surface area contributed by atoms with Gasteiger partial charge in [0, 0.05) is 25.2 Å². The zero-order valence-electron chi connectivity index (χ0n) is 14.1. The molecule has 1 N–H and O–H groups in total. The fourth-order valence-corrected chi connectivity index (χ4v) is 3.68. The van der Waals surface area contributed by atoms with Crippen LogP contribution in [0.3, 0.4) is 0 Å². The van der Waals surface area contributed by atoms with E-state index in [1.54, 1.807) is 0 Å². The Morgan fingerprint density at radius 3 is 2.26 bits per heavy atom. The van der Waals surface area contributed by atoms with E-state index in [-0.39, 0.29) is 5.91 Å². The fraction of sp³-hybridized carbons (Fsp3) is 0.588. The molecule has 0 aromatic heterocycles. The molecule has 0 saturated carbocycles. The molecule has 0 unspecified atom stereocenters. The molecule has 2 atom stereocenters. The van der Waals surface area contributed by atoms with Crippen LogP contribution < -0.4 is 4.72 Å². The van der Waals surface area contributed by atoms with Gasteiger partial charge in [-0.2, -0.15) is 0 Å². The van der Waals surface area contributed by atoms with Crippen LogP contribution in [0.4, 0.5) is 0 Å². The van der Waals surface area contributed by atoms with Crippen molar-refractivity contribution in [3.63, 3.8) is 0 Å². The van der Waals surface area contributed by atoms with Gasteiger partial charge in [0.05, 0.1) is 6.26 Å². The Bertz CT molecular complexity index is 630. The van der Waals surface area contributed by atoms with Crippen LogP contribution in [-0.4, -0.2) is 45.1 Å². The predicted octanol–water partition coefficient (Wildman–Crippen LogP) is 1.90. The van der Waals surface area contributed by atoms with E-state index in [0.717, 1.165) is 24.9 Å². The van der Waals surface area contributed by atoms with Crippen molar-refractivity contribution in [1.82, 2.24) is 9.62 Å². The van der Waals surface area contributed by atoms with Crippen LogP contribution in [0.2, 0.25) is 0 Å². The molecule has 1 amide bonds. The smallest absolute Gasteiger partial charge is 0.253 e. The Balaban J connectivity index is 1.94. The standard InChI is InChI=1S/C17H26N2O3S/c1-13-10-14(2)12-19(11-13)17(20)16-6-4-15(5-7-16)8-9-18-23(3,21)22/h4-7,13-14,18H,8-12H2,1-3H3/t13-,14+. The first-order valence-electron chi connectivity index (χ1n) is 8.07. The summed E-state index contributed by atoms with van der Waals surface area (Å²) in [4.78, 5) is 14.5. The molecule has 0 spiro atoms. The third kappa shape index (κ3) is 5.62. The molecule has 128 valence electrons. The lowest BCUT2D eigenvalue weighted by Gasteiger charge is -2.35. The molecule has 0 aliphatic carbocycles. The summed E-state index contributed by atoms with van der Waals surface area (Å²) in [6.07, 6.45) is 2.94. The first kappa shape index (κ1) is 17.9. The van der Waals surface area contributed by atoms with Crippen LogP contribution in [0, 0.1) is 11.8 Å². The molecule has 0 radical (unpaired) electrons. The number of nitrogens with one attached hydrogen (secondary N) is 1. The van der Waals surface area contributed by atoms with Crippen molar-refractivity contribution in [3.05, 3.63) is 35.4 Å². The van der Waals surface area contributed by atoms with Gasteiger partial charge < -0.3 is 4.90 Å². The van der Waals surface area contributed by atoms with Gasteiger partial charge in [0.25, 0.3) is 5.91 Å². The van der Waals surface area contributed by atoms with Crippen molar-refractivity contribution < 1.29 is 13.2 Å². The minimum absolute atomic E-state index is 0.0872. The SMILES string of the molecule is C[C@@H]1C[C@H](C)CN(C(=O)c2ccc(CCNS(C)(=O)=O)cc2)C1. The topological polar surface area (TPSA) is 66.5 Å². The van der Waals surface area contributed by atoms with Gasteiger partial charge in [0.2, 0.25) is 10.0 Å². The molecule has 23 heavy (non-hydrogen) atoms. The molecular formula is C17H26N2O3S. The molecule has 2 rings (SSSR count). The van der Waals surface area contributed by atoms with E-state index < -0.39 is 10.0 Å². The van der Waals surface area contributed by atoms with Crippen molar-refractivity contribution in [1.29, 1.82) is 0 Å². The number of benzene rings is 1. The van der Waals surface area contributed by atoms with Crippen LogP contribution in [0.15, 0.2) is 24.3 Å². The lowest BCUT2D eigenvalue weighted by atomic mass is 9.91. The van der Waals surface area contributed by atoms with Gasteiger partial charge in [0.15, 0.2) is 0 Å². The van der Waals surface area contributed by atoms with E-state index >= 15 is 0 Å². The van der Waals surface area contributed by atoms with E-state index in [4.69, 9.17) is 0 Å². The number of amides is 1. The largest absolute Gasteiger partial charge is 0.338 e. The van der Waals surface area contributed by atoms with Gasteiger partial charge in [-0.1, -0.05) is 26.0 Å². The van der Waals surface area contributed by atoms with Crippen LogP contribution in [0.5, 0.6) is 0 Å². The Kier molecular flexibility index (Phi) is 5.81. The molecule has 1 aromatic rings. The minimum Gasteiger partial charge on any atom is -0.338 e. The van der Waals surface area contributed by atoms with Crippen LogP contribution in [-0.2, 0) is 16.4 Å². The first-order chi connectivity index (χ1) is 10.7. The Morgan fingerprint density at radius 2 is 1.74 bits per heavy atom. The third-order valence-electron chi connectivity index (χ3n) is 4.13. The highest BCUT2D eigenvalue weighted by atomic mass is 32.2. The number of hydrogen-bond donors (Lipinski definition) is 1. The highest BCUT2D eigenvalue weighted by Gasteiger charge is 2.25. The maximum absolute atomic E-state index is 12.6. The Labute approximate surface area is 139 Å². The van der Waals surface area contributed by atoms with Crippen LogP contribution in [0.1, 0.15) is 36.2 Å². The maximum Gasteiger partial charge on any atom is 0.253 e. The first-order valence-corrected chi connectivity index (χ1v) is 9.96. The second-order valence-corrected chi connectivity index (χ2v) is 8.60. The summed E-state index contributed by atoms with van der Waals surface area (Å²) in [5.74, 6) is 1.18. The van der Waals surface area contributed by atoms with E-state index in [9.17, 15) is 13.2 Å². The molecule has 1 saturated heterocycles. The van der Waals surface area contributed by atoms with Gasteiger partial charge >= 0.3 is 0 Å².